The molecule has 0 amide bonds. The lowest BCUT2D eigenvalue weighted by Crippen LogP contribution is -2.03. The van der Waals surface area contributed by atoms with E-state index in [1.807, 2.05) is 13.0 Å². The molecule has 1 atom stereocenters. The average Bonchev–Trinajstić information content (AvgIpc) is 2.32. The standard InChI is InChI=1S/C14H12ClFO/c1-9-5-4-7-11(13(9)15)14(17)10-6-2-3-8-12(10)16/h2-8,14,17H,1H3. The fourth-order valence-corrected chi connectivity index (χ4v) is 1.98. The van der Waals surface area contributed by atoms with Crippen LogP contribution in [0.5, 0.6) is 0 Å². The minimum atomic E-state index is -1.04. The number of benzene rings is 2. The Morgan fingerprint density at radius 3 is 2.41 bits per heavy atom. The maximum Gasteiger partial charge on any atom is 0.129 e. The molecule has 3 heteroatoms. The van der Waals surface area contributed by atoms with Crippen molar-refractivity contribution in [2.45, 2.75) is 13.0 Å². The van der Waals surface area contributed by atoms with Crippen LogP contribution in [0.3, 0.4) is 0 Å². The van der Waals surface area contributed by atoms with E-state index in [1.54, 1.807) is 30.3 Å². The van der Waals surface area contributed by atoms with Crippen molar-refractivity contribution in [2.24, 2.45) is 0 Å². The van der Waals surface area contributed by atoms with E-state index < -0.39 is 11.9 Å². The molecule has 0 saturated heterocycles. The second-order valence-corrected chi connectivity index (χ2v) is 4.28. The number of hydrogen-bond donors (Lipinski definition) is 1. The first-order chi connectivity index (χ1) is 8.11. The number of aliphatic hydroxyl groups excluding tert-OH is 1. The predicted octanol–water partition coefficient (Wildman–Crippen LogP) is 3.87. The van der Waals surface area contributed by atoms with E-state index in [-0.39, 0.29) is 5.56 Å². The molecule has 0 aliphatic heterocycles. The van der Waals surface area contributed by atoms with Crippen molar-refractivity contribution < 1.29 is 9.50 Å². The zero-order valence-corrected chi connectivity index (χ0v) is 10.1. The molecular weight excluding hydrogens is 239 g/mol. The van der Waals surface area contributed by atoms with Gasteiger partial charge in [-0.3, -0.25) is 0 Å². The van der Waals surface area contributed by atoms with Crippen molar-refractivity contribution in [1.82, 2.24) is 0 Å². The Labute approximate surface area is 104 Å². The molecule has 0 aromatic heterocycles. The highest BCUT2D eigenvalue weighted by molar-refractivity contribution is 6.32. The molecule has 0 spiro atoms. The SMILES string of the molecule is Cc1cccc(C(O)c2ccccc2F)c1Cl. The number of halogens is 2. The van der Waals surface area contributed by atoms with Crippen LogP contribution in [0, 0.1) is 12.7 Å². The fraction of sp³-hybridized carbons (Fsp3) is 0.143. The third-order valence-corrected chi connectivity index (χ3v) is 3.23. The van der Waals surface area contributed by atoms with E-state index >= 15 is 0 Å². The monoisotopic (exact) mass is 250 g/mol. The summed E-state index contributed by atoms with van der Waals surface area (Å²) in [4.78, 5) is 0. The van der Waals surface area contributed by atoms with Crippen LogP contribution in [-0.4, -0.2) is 5.11 Å². The van der Waals surface area contributed by atoms with Gasteiger partial charge in [-0.05, 0) is 18.6 Å². The molecule has 0 fully saturated rings. The number of hydrogen-bond acceptors (Lipinski definition) is 1. The third-order valence-electron chi connectivity index (χ3n) is 2.72. The number of aliphatic hydroxyl groups is 1. The molecule has 0 heterocycles. The summed E-state index contributed by atoms with van der Waals surface area (Å²) in [5, 5.41) is 10.6. The van der Waals surface area contributed by atoms with E-state index in [9.17, 15) is 9.50 Å². The Kier molecular flexibility index (Phi) is 3.46. The molecule has 1 unspecified atom stereocenters. The Balaban J connectivity index is 2.48. The second-order valence-electron chi connectivity index (χ2n) is 3.90. The quantitative estimate of drug-likeness (QED) is 0.858. The molecule has 1 nitrogen and oxygen atoms in total. The molecule has 0 aliphatic carbocycles. The van der Waals surface area contributed by atoms with E-state index in [4.69, 9.17) is 11.6 Å². The highest BCUT2D eigenvalue weighted by Crippen LogP contribution is 2.31. The van der Waals surface area contributed by atoms with Crippen LogP contribution >= 0.6 is 11.6 Å². The second kappa shape index (κ2) is 4.86. The third kappa shape index (κ3) is 2.33. The minimum absolute atomic E-state index is 0.236. The van der Waals surface area contributed by atoms with Crippen LogP contribution in [-0.2, 0) is 0 Å². The first-order valence-corrected chi connectivity index (χ1v) is 5.66. The van der Waals surface area contributed by atoms with Crippen LogP contribution < -0.4 is 0 Å². The molecule has 0 aliphatic rings. The summed E-state index contributed by atoms with van der Waals surface area (Å²) in [6, 6.07) is 11.5. The maximum atomic E-state index is 13.6. The van der Waals surface area contributed by atoms with Crippen LogP contribution in [0.2, 0.25) is 5.02 Å². The van der Waals surface area contributed by atoms with Crippen molar-refractivity contribution in [2.75, 3.05) is 0 Å². The van der Waals surface area contributed by atoms with Gasteiger partial charge in [-0.25, -0.2) is 4.39 Å². The molecule has 0 saturated carbocycles. The van der Waals surface area contributed by atoms with E-state index in [0.717, 1.165) is 5.56 Å². The topological polar surface area (TPSA) is 20.2 Å². The van der Waals surface area contributed by atoms with Gasteiger partial charge >= 0.3 is 0 Å². The van der Waals surface area contributed by atoms with Crippen molar-refractivity contribution >= 4 is 11.6 Å². The summed E-state index contributed by atoms with van der Waals surface area (Å²) in [5.41, 5.74) is 1.62. The summed E-state index contributed by atoms with van der Waals surface area (Å²) >= 11 is 6.11. The van der Waals surface area contributed by atoms with E-state index in [2.05, 4.69) is 0 Å². The molecule has 2 aromatic rings. The first kappa shape index (κ1) is 12.1. The normalized spacial score (nSPS) is 12.5. The van der Waals surface area contributed by atoms with Gasteiger partial charge in [0.2, 0.25) is 0 Å². The van der Waals surface area contributed by atoms with Crippen molar-refractivity contribution in [1.29, 1.82) is 0 Å². The largest absolute Gasteiger partial charge is 0.383 e. The molecule has 0 radical (unpaired) electrons. The van der Waals surface area contributed by atoms with Gasteiger partial charge in [0.05, 0.1) is 0 Å². The van der Waals surface area contributed by atoms with Gasteiger partial charge in [-0.15, -0.1) is 0 Å². The predicted molar refractivity (Wildman–Crippen MR) is 66.7 cm³/mol. The minimum Gasteiger partial charge on any atom is -0.383 e. The van der Waals surface area contributed by atoms with Crippen LogP contribution in [0.15, 0.2) is 42.5 Å². The van der Waals surface area contributed by atoms with Gasteiger partial charge in [0.1, 0.15) is 11.9 Å². The molecule has 2 aromatic carbocycles. The highest BCUT2D eigenvalue weighted by atomic mass is 35.5. The van der Waals surface area contributed by atoms with Crippen LogP contribution in [0.25, 0.3) is 0 Å². The molecule has 88 valence electrons. The van der Waals surface area contributed by atoms with Gasteiger partial charge in [0.25, 0.3) is 0 Å². The van der Waals surface area contributed by atoms with Crippen molar-refractivity contribution in [3.63, 3.8) is 0 Å². The Morgan fingerprint density at radius 2 is 1.71 bits per heavy atom. The average molecular weight is 251 g/mol. The molecule has 2 rings (SSSR count). The van der Waals surface area contributed by atoms with Gasteiger partial charge in [0.15, 0.2) is 0 Å². The Bertz CT molecular complexity index is 539. The number of aryl methyl sites for hydroxylation is 1. The maximum absolute atomic E-state index is 13.6. The van der Waals surface area contributed by atoms with Gasteiger partial charge in [-0.1, -0.05) is 48.0 Å². The lowest BCUT2D eigenvalue weighted by Gasteiger charge is -2.15. The molecule has 17 heavy (non-hydrogen) atoms. The van der Waals surface area contributed by atoms with E-state index in [1.165, 1.54) is 6.07 Å². The lowest BCUT2D eigenvalue weighted by atomic mass is 9.99. The summed E-state index contributed by atoms with van der Waals surface area (Å²) in [7, 11) is 0. The number of rotatable bonds is 2. The van der Waals surface area contributed by atoms with Crippen molar-refractivity contribution in [3.05, 3.63) is 70.0 Å². The molecule has 1 N–H and O–H groups in total. The molecule has 0 bridgehead atoms. The highest BCUT2D eigenvalue weighted by Gasteiger charge is 2.17. The summed E-state index contributed by atoms with van der Waals surface area (Å²) in [6.45, 7) is 1.85. The Morgan fingerprint density at radius 1 is 1.06 bits per heavy atom. The van der Waals surface area contributed by atoms with Gasteiger partial charge < -0.3 is 5.11 Å². The van der Waals surface area contributed by atoms with Crippen LogP contribution in [0.4, 0.5) is 4.39 Å². The Hall–Kier alpha value is -1.38. The van der Waals surface area contributed by atoms with Crippen LogP contribution in [0.1, 0.15) is 22.8 Å². The summed E-state index contributed by atoms with van der Waals surface area (Å²) in [6.07, 6.45) is -1.04. The van der Waals surface area contributed by atoms with E-state index in [0.29, 0.717) is 10.6 Å². The molecular formula is C14H12ClFO. The lowest BCUT2D eigenvalue weighted by molar-refractivity contribution is 0.215. The zero-order valence-electron chi connectivity index (χ0n) is 9.32. The fourth-order valence-electron chi connectivity index (χ4n) is 1.75. The summed E-state index contributed by atoms with van der Waals surface area (Å²) < 4.78 is 13.6. The summed E-state index contributed by atoms with van der Waals surface area (Å²) in [5.74, 6) is -0.433. The van der Waals surface area contributed by atoms with Gasteiger partial charge in [0, 0.05) is 16.1 Å². The smallest absolute Gasteiger partial charge is 0.129 e. The van der Waals surface area contributed by atoms with Crippen molar-refractivity contribution in [3.8, 4) is 0 Å². The van der Waals surface area contributed by atoms with Gasteiger partial charge in [-0.2, -0.15) is 0 Å². The first-order valence-electron chi connectivity index (χ1n) is 5.28. The zero-order chi connectivity index (χ0) is 12.4.